The summed E-state index contributed by atoms with van der Waals surface area (Å²) in [6.45, 7) is -0.208. The Hall–Kier alpha value is -10.2. The number of nitrogens with zero attached hydrogens (tertiary/aromatic N) is 3. The van der Waals surface area contributed by atoms with Gasteiger partial charge in [-0.1, -0.05) is 18.2 Å². The molecule has 7 rings (SSSR count). The summed E-state index contributed by atoms with van der Waals surface area (Å²) in [5, 5.41) is 39.1. The molecule has 3 amide bonds. The van der Waals surface area contributed by atoms with E-state index in [1.165, 1.54) is 42.7 Å². The molecular formula is C63H66N6O18. The number of hydrogen-bond donors (Lipinski definition) is 6. The first kappa shape index (κ1) is 64.4. The predicted molar refractivity (Wildman–Crippen MR) is 318 cm³/mol. The van der Waals surface area contributed by atoms with E-state index in [1.807, 2.05) is 18.2 Å². The number of hydrogen-bond acceptors (Lipinski definition) is 18. The number of ether oxygens (including phenoxy) is 9. The molecule has 3 atom stereocenters. The first-order valence-electron chi connectivity index (χ1n) is 27.0. The van der Waals surface area contributed by atoms with Gasteiger partial charge in [0.1, 0.15) is 69.7 Å². The number of carbonyl (C=O) groups excluding carboxylic acids is 3. The van der Waals surface area contributed by atoms with Crippen LogP contribution in [0.1, 0.15) is 70.8 Å². The van der Waals surface area contributed by atoms with Gasteiger partial charge in [0, 0.05) is 54.7 Å². The summed E-state index contributed by atoms with van der Waals surface area (Å²) in [7, 11) is 9.00. The van der Waals surface area contributed by atoms with Crippen LogP contribution in [0.5, 0.6) is 34.5 Å². The van der Waals surface area contributed by atoms with Crippen LogP contribution in [-0.2, 0) is 62.8 Å². The van der Waals surface area contributed by atoms with Crippen LogP contribution in [0.25, 0.3) is 33.4 Å². The number of benzene rings is 4. The summed E-state index contributed by atoms with van der Waals surface area (Å²) in [6.07, 6.45) is 1.22. The van der Waals surface area contributed by atoms with Gasteiger partial charge in [-0.2, -0.15) is 0 Å². The number of nitrogens with one attached hydrogen (secondary N) is 3. The lowest BCUT2D eigenvalue weighted by molar-refractivity contribution is -0.140. The minimum atomic E-state index is -1.19. The molecule has 0 aliphatic carbocycles. The Labute approximate surface area is 500 Å². The number of carbonyl (C=O) groups is 6. The van der Waals surface area contributed by atoms with Crippen molar-refractivity contribution in [3.8, 4) is 67.9 Å². The minimum Gasteiger partial charge on any atom is -0.497 e. The summed E-state index contributed by atoms with van der Waals surface area (Å²) >= 11 is 0. The Balaban J connectivity index is 1.10. The summed E-state index contributed by atoms with van der Waals surface area (Å²) in [5.74, 6) is -3.84. The summed E-state index contributed by atoms with van der Waals surface area (Å²) in [4.78, 5) is 86.8. The second kappa shape index (κ2) is 31.6. The molecule has 3 unspecified atom stereocenters. The van der Waals surface area contributed by atoms with E-state index < -0.39 is 35.7 Å². The van der Waals surface area contributed by atoms with E-state index in [-0.39, 0.29) is 93.4 Å². The molecular weight excluding hydrogens is 1130 g/mol. The van der Waals surface area contributed by atoms with Crippen LogP contribution >= 0.6 is 0 Å². The van der Waals surface area contributed by atoms with Crippen LogP contribution in [0.15, 0.2) is 109 Å². The maximum atomic E-state index is 12.9. The Morgan fingerprint density at radius 1 is 0.402 bits per heavy atom. The zero-order valence-electron chi connectivity index (χ0n) is 48.5. The highest BCUT2D eigenvalue weighted by Crippen LogP contribution is 2.39. The maximum absolute atomic E-state index is 12.9. The van der Waals surface area contributed by atoms with E-state index in [4.69, 9.17) is 42.6 Å². The van der Waals surface area contributed by atoms with Gasteiger partial charge >= 0.3 is 17.9 Å². The molecule has 0 aliphatic rings. The SMILES string of the molecule is COc1ccc(-c2cc(NC=O)nc(C(CCOCc3cc(COCCC(C(=O)O)c4cc(-c5ccc(OC)cc5OC)cc(NC=O)n4)cc(COCCC(C(=O)O)c4cc(-c5ccc(OC)cc5OC)cc(NC=O)n4)c3)C(=O)O)c2)c(OC)c1. The molecule has 0 saturated heterocycles. The second-order valence-corrected chi connectivity index (χ2v) is 19.3. The van der Waals surface area contributed by atoms with Crippen LogP contribution in [-0.4, -0.2) is 130 Å². The Morgan fingerprint density at radius 3 is 0.908 bits per heavy atom. The van der Waals surface area contributed by atoms with Crippen molar-refractivity contribution in [1.82, 2.24) is 15.0 Å². The quantitative estimate of drug-likeness (QED) is 0.0158. The summed E-state index contributed by atoms with van der Waals surface area (Å²) < 4.78 is 51.3. The van der Waals surface area contributed by atoms with Crippen LogP contribution in [0, 0.1) is 0 Å². The zero-order chi connectivity index (χ0) is 62.4. The molecule has 7 aromatic rings. The second-order valence-electron chi connectivity index (χ2n) is 19.3. The van der Waals surface area contributed by atoms with Crippen molar-refractivity contribution in [2.75, 3.05) is 78.4 Å². The molecule has 3 heterocycles. The number of methoxy groups -OCH3 is 6. The number of pyridine rings is 3. The van der Waals surface area contributed by atoms with Gasteiger partial charge in [0.15, 0.2) is 0 Å². The van der Waals surface area contributed by atoms with E-state index >= 15 is 0 Å². The van der Waals surface area contributed by atoms with Gasteiger partial charge in [-0.3, -0.25) is 28.8 Å². The van der Waals surface area contributed by atoms with Crippen LogP contribution in [0.4, 0.5) is 17.5 Å². The predicted octanol–water partition coefficient (Wildman–Crippen LogP) is 8.95. The van der Waals surface area contributed by atoms with Gasteiger partial charge < -0.3 is 73.9 Å². The van der Waals surface area contributed by atoms with Crippen molar-refractivity contribution < 1.29 is 86.7 Å². The summed E-state index contributed by atoms with van der Waals surface area (Å²) in [5.41, 5.74) is 5.70. The average Bonchev–Trinajstić information content (AvgIpc) is 3.72. The lowest BCUT2D eigenvalue weighted by Crippen LogP contribution is -2.17. The van der Waals surface area contributed by atoms with Crippen LogP contribution in [0.3, 0.4) is 0 Å². The van der Waals surface area contributed by atoms with Crippen molar-refractivity contribution >= 4 is 54.6 Å². The molecule has 24 nitrogen and oxygen atoms in total. The van der Waals surface area contributed by atoms with Crippen molar-refractivity contribution in [3.63, 3.8) is 0 Å². The molecule has 0 fully saturated rings. The third kappa shape index (κ3) is 17.2. The van der Waals surface area contributed by atoms with Gasteiger partial charge in [-0.15, -0.1) is 0 Å². The first-order valence-corrected chi connectivity index (χ1v) is 27.0. The standard InChI is InChI=1S/C63H66N6O18/c1-79-43-7-10-46(55(28-43)82-4)40-22-52(67-58(25-40)64-34-70)49(61(73)74)13-16-85-31-37-19-38(32-86-17-14-50(62(75)76)53-23-41(26-59(68-53)65-35-71)47-11-8-44(80-2)29-56(47)83-5)21-39(20-37)33-87-18-15-51(63(77)78)54-24-42(27-60(69-54)66-36-72)48-12-9-45(81-3)30-57(48)84-6/h7-12,19-30,34-36,49-51H,13-18,31-33H2,1-6H3,(H,73,74)(H,75,76)(H,77,78)(H,64,67,70)(H,65,68,71)(H,66,69,72). The molecule has 0 aliphatic heterocycles. The van der Waals surface area contributed by atoms with Gasteiger partial charge in [0.05, 0.1) is 79.6 Å². The number of aliphatic carboxylic acids is 3. The molecule has 0 spiro atoms. The molecule has 4 aromatic carbocycles. The normalized spacial score (nSPS) is 11.9. The van der Waals surface area contributed by atoms with Gasteiger partial charge in [0.2, 0.25) is 19.2 Å². The lowest BCUT2D eigenvalue weighted by atomic mass is 9.97. The van der Waals surface area contributed by atoms with E-state index in [9.17, 15) is 44.1 Å². The third-order valence-corrected chi connectivity index (χ3v) is 13.9. The highest BCUT2D eigenvalue weighted by atomic mass is 16.5. The number of aromatic nitrogens is 3. The topological polar surface area (TPSA) is 321 Å². The van der Waals surface area contributed by atoms with Crippen LogP contribution in [0.2, 0.25) is 0 Å². The van der Waals surface area contributed by atoms with E-state index in [0.717, 1.165) is 0 Å². The van der Waals surface area contributed by atoms with Gasteiger partial charge in [-0.05, 0) is 125 Å². The fourth-order valence-electron chi connectivity index (χ4n) is 9.63. The first-order chi connectivity index (χ1) is 42.1. The smallest absolute Gasteiger partial charge is 0.312 e. The third-order valence-electron chi connectivity index (χ3n) is 13.9. The highest BCUT2D eigenvalue weighted by molar-refractivity contribution is 5.83. The zero-order valence-corrected chi connectivity index (χ0v) is 48.5. The van der Waals surface area contributed by atoms with E-state index in [1.54, 1.807) is 91.0 Å². The maximum Gasteiger partial charge on any atom is 0.312 e. The molecule has 3 aromatic heterocycles. The fraction of sp³-hybridized carbons (Fsp3) is 0.286. The molecule has 0 bridgehead atoms. The van der Waals surface area contributed by atoms with E-state index in [2.05, 4.69) is 30.9 Å². The van der Waals surface area contributed by atoms with Gasteiger partial charge in [0.25, 0.3) is 0 Å². The monoisotopic (exact) mass is 1190 g/mol. The molecule has 0 saturated carbocycles. The van der Waals surface area contributed by atoms with Crippen molar-refractivity contribution in [1.29, 1.82) is 0 Å². The minimum absolute atomic E-state index is 0.0138. The highest BCUT2D eigenvalue weighted by Gasteiger charge is 2.27. The number of carboxylic acids is 3. The molecule has 0 radical (unpaired) electrons. The van der Waals surface area contributed by atoms with Crippen molar-refractivity contribution in [2.24, 2.45) is 0 Å². The Kier molecular flexibility index (Phi) is 23.4. The number of anilines is 3. The van der Waals surface area contributed by atoms with Crippen molar-refractivity contribution in [2.45, 2.75) is 56.8 Å². The average molecular weight is 1200 g/mol. The lowest BCUT2D eigenvalue weighted by Gasteiger charge is -2.17. The molecule has 24 heteroatoms. The van der Waals surface area contributed by atoms with Crippen LogP contribution < -0.4 is 44.4 Å². The van der Waals surface area contributed by atoms with E-state index in [0.29, 0.717) is 104 Å². The van der Waals surface area contributed by atoms with Gasteiger partial charge in [-0.25, -0.2) is 15.0 Å². The number of rotatable bonds is 36. The van der Waals surface area contributed by atoms with Crippen molar-refractivity contribution in [3.05, 3.63) is 143 Å². The molecule has 6 N–H and O–H groups in total. The molecule has 456 valence electrons. The Bertz CT molecular complexity index is 3190. The largest absolute Gasteiger partial charge is 0.497 e. The Morgan fingerprint density at radius 2 is 0.678 bits per heavy atom. The number of amides is 3. The number of carboxylic acid groups (broad SMARTS) is 3. The summed E-state index contributed by atoms with van der Waals surface area (Å²) in [6, 6.07) is 30.4. The molecule has 87 heavy (non-hydrogen) atoms. The fourth-order valence-corrected chi connectivity index (χ4v) is 9.63.